The van der Waals surface area contributed by atoms with Gasteiger partial charge in [-0.15, -0.1) is 12.4 Å². The van der Waals surface area contributed by atoms with Crippen molar-refractivity contribution in [3.8, 4) is 0 Å². The number of hydrogen-bond acceptors (Lipinski definition) is 1. The molecule has 0 unspecified atom stereocenters. The Kier molecular flexibility index (Phi) is 6.03. The van der Waals surface area contributed by atoms with E-state index in [1.807, 2.05) is 0 Å². The van der Waals surface area contributed by atoms with Gasteiger partial charge >= 0.3 is 5.38 Å². The molecule has 0 aliphatic heterocycles. The summed E-state index contributed by atoms with van der Waals surface area (Å²) in [4.78, 5) is 0. The van der Waals surface area contributed by atoms with Crippen LogP contribution in [0.1, 0.15) is 0 Å². The fourth-order valence-corrected chi connectivity index (χ4v) is 0.334. The van der Waals surface area contributed by atoms with Crippen LogP contribution < -0.4 is 5.32 Å². The molecular weight excluding hydrogens is 159 g/mol. The zero-order valence-electron chi connectivity index (χ0n) is 4.25. The van der Waals surface area contributed by atoms with E-state index in [0.29, 0.717) is 0 Å². The second-order valence-electron chi connectivity index (χ2n) is 1.15. The van der Waals surface area contributed by atoms with Crippen LogP contribution >= 0.6 is 24.0 Å². The summed E-state index contributed by atoms with van der Waals surface area (Å²) >= 11 is 4.44. The molecule has 1 nitrogen and oxygen atoms in total. The number of hydrogen-bond donors (Lipinski definition) is 1. The normalized spacial score (nSPS) is 10.5. The lowest BCUT2D eigenvalue weighted by Gasteiger charge is -2.03. The predicted octanol–water partition coefficient (Wildman–Crippen LogP) is 1.46. The minimum Gasteiger partial charge on any atom is -0.313 e. The summed E-state index contributed by atoms with van der Waals surface area (Å²) in [6.45, 7) is -0.478. The molecule has 0 saturated carbocycles. The van der Waals surface area contributed by atoms with Crippen LogP contribution in [0.5, 0.6) is 0 Å². The average molecular weight is 166 g/mol. The predicted molar refractivity (Wildman–Crippen MR) is 32.0 cm³/mol. The second kappa shape index (κ2) is 4.30. The van der Waals surface area contributed by atoms with E-state index in [9.17, 15) is 8.78 Å². The van der Waals surface area contributed by atoms with Gasteiger partial charge in [-0.2, -0.15) is 8.78 Å². The SMILES string of the molecule is CNCC(F)(F)Cl.Cl. The summed E-state index contributed by atoms with van der Waals surface area (Å²) in [5.74, 6) is 0. The molecule has 0 rings (SSSR count). The van der Waals surface area contributed by atoms with E-state index >= 15 is 0 Å². The highest BCUT2D eigenvalue weighted by atomic mass is 35.5. The van der Waals surface area contributed by atoms with Crippen molar-refractivity contribution >= 4 is 24.0 Å². The van der Waals surface area contributed by atoms with Gasteiger partial charge in [0, 0.05) is 0 Å². The van der Waals surface area contributed by atoms with Crippen molar-refractivity contribution in [2.45, 2.75) is 5.38 Å². The minimum absolute atomic E-state index is 0. The Morgan fingerprint density at radius 2 is 2.00 bits per heavy atom. The Balaban J connectivity index is 0. The number of rotatable bonds is 2. The molecule has 0 spiro atoms. The van der Waals surface area contributed by atoms with Crippen LogP contribution in [0.2, 0.25) is 0 Å². The molecule has 8 heavy (non-hydrogen) atoms. The fourth-order valence-electron chi connectivity index (χ4n) is 0.200. The molecule has 52 valence electrons. The largest absolute Gasteiger partial charge is 0.333 e. The zero-order chi connectivity index (χ0) is 5.91. The first-order valence-corrected chi connectivity index (χ1v) is 2.15. The van der Waals surface area contributed by atoms with Crippen molar-refractivity contribution in [2.24, 2.45) is 0 Å². The highest BCUT2D eigenvalue weighted by Crippen LogP contribution is 2.15. The van der Waals surface area contributed by atoms with Gasteiger partial charge in [0.1, 0.15) is 0 Å². The van der Waals surface area contributed by atoms with Crippen molar-refractivity contribution in [2.75, 3.05) is 13.6 Å². The number of halogens is 4. The molecule has 0 aromatic carbocycles. The van der Waals surface area contributed by atoms with Gasteiger partial charge in [-0.1, -0.05) is 0 Å². The molecule has 0 saturated heterocycles. The molecule has 1 N–H and O–H groups in total. The second-order valence-corrected chi connectivity index (χ2v) is 1.70. The van der Waals surface area contributed by atoms with Gasteiger partial charge in [0.05, 0.1) is 6.54 Å². The van der Waals surface area contributed by atoms with Crippen LogP contribution in [-0.2, 0) is 0 Å². The first-order chi connectivity index (χ1) is 3.06. The van der Waals surface area contributed by atoms with Gasteiger partial charge in [-0.25, -0.2) is 0 Å². The first-order valence-electron chi connectivity index (χ1n) is 1.77. The number of nitrogens with one attached hydrogen (secondary N) is 1. The van der Waals surface area contributed by atoms with Crippen molar-refractivity contribution in [1.82, 2.24) is 5.32 Å². The van der Waals surface area contributed by atoms with E-state index in [0.717, 1.165) is 0 Å². The summed E-state index contributed by atoms with van der Waals surface area (Å²) < 4.78 is 22.9. The highest BCUT2D eigenvalue weighted by molar-refractivity contribution is 6.21. The summed E-state index contributed by atoms with van der Waals surface area (Å²) in [5, 5.41) is -0.863. The Morgan fingerprint density at radius 1 is 1.62 bits per heavy atom. The minimum atomic E-state index is -3.09. The molecule has 5 heteroatoms. The lowest BCUT2D eigenvalue weighted by molar-refractivity contribution is 0.0978. The summed E-state index contributed by atoms with van der Waals surface area (Å²) in [6.07, 6.45) is 0. The molecule has 0 fully saturated rings. The van der Waals surface area contributed by atoms with Gasteiger partial charge in [0.2, 0.25) is 0 Å². The standard InChI is InChI=1S/C3H6ClF2N.ClH/c1-7-2-3(4,5)6;/h7H,2H2,1H3;1H. The highest BCUT2D eigenvalue weighted by Gasteiger charge is 2.22. The maximum absolute atomic E-state index is 11.4. The lowest BCUT2D eigenvalue weighted by atomic mass is 10.7. The molecule has 0 aromatic rings. The Morgan fingerprint density at radius 3 is 2.00 bits per heavy atom. The zero-order valence-corrected chi connectivity index (χ0v) is 5.82. The third kappa shape index (κ3) is 9.64. The molecule has 0 bridgehead atoms. The maximum atomic E-state index is 11.4. The van der Waals surface area contributed by atoms with E-state index in [2.05, 4.69) is 16.9 Å². The summed E-state index contributed by atoms with van der Waals surface area (Å²) in [5.41, 5.74) is 0. The summed E-state index contributed by atoms with van der Waals surface area (Å²) in [7, 11) is 1.41. The van der Waals surface area contributed by atoms with Crippen LogP contribution in [0.25, 0.3) is 0 Å². The van der Waals surface area contributed by atoms with E-state index in [1.165, 1.54) is 7.05 Å². The molecule has 0 amide bonds. The Hall–Kier alpha value is 0.400. The van der Waals surface area contributed by atoms with Crippen LogP contribution in [0.15, 0.2) is 0 Å². The van der Waals surface area contributed by atoms with Gasteiger partial charge < -0.3 is 5.32 Å². The van der Waals surface area contributed by atoms with Crippen molar-refractivity contribution < 1.29 is 8.78 Å². The Bertz CT molecular complexity index is 53.7. The van der Waals surface area contributed by atoms with Crippen LogP contribution in [-0.4, -0.2) is 19.0 Å². The molecule has 0 aliphatic rings. The quantitative estimate of drug-likeness (QED) is 0.612. The molecule has 0 aliphatic carbocycles. The monoisotopic (exact) mass is 165 g/mol. The maximum Gasteiger partial charge on any atom is 0.333 e. The fraction of sp³-hybridized carbons (Fsp3) is 1.00. The van der Waals surface area contributed by atoms with Crippen molar-refractivity contribution in [3.63, 3.8) is 0 Å². The first kappa shape index (κ1) is 11.2. The lowest BCUT2D eigenvalue weighted by Crippen LogP contribution is -2.24. The van der Waals surface area contributed by atoms with Gasteiger partial charge in [0.15, 0.2) is 0 Å². The van der Waals surface area contributed by atoms with E-state index in [1.54, 1.807) is 0 Å². The summed E-state index contributed by atoms with van der Waals surface area (Å²) in [6, 6.07) is 0. The van der Waals surface area contributed by atoms with Gasteiger partial charge in [-0.05, 0) is 18.6 Å². The topological polar surface area (TPSA) is 12.0 Å². The number of alkyl halides is 3. The molecule has 0 heterocycles. The average Bonchev–Trinajstić information content (AvgIpc) is 1.30. The van der Waals surface area contributed by atoms with E-state index in [4.69, 9.17) is 0 Å². The van der Waals surface area contributed by atoms with Gasteiger partial charge in [0.25, 0.3) is 0 Å². The molecular formula is C3H7Cl2F2N. The smallest absolute Gasteiger partial charge is 0.313 e. The third-order valence-corrected chi connectivity index (χ3v) is 0.511. The van der Waals surface area contributed by atoms with Gasteiger partial charge in [-0.3, -0.25) is 0 Å². The van der Waals surface area contributed by atoms with E-state index in [-0.39, 0.29) is 12.4 Å². The van der Waals surface area contributed by atoms with Crippen LogP contribution in [0, 0.1) is 0 Å². The molecule has 0 atom stereocenters. The van der Waals surface area contributed by atoms with Crippen molar-refractivity contribution in [1.29, 1.82) is 0 Å². The van der Waals surface area contributed by atoms with E-state index < -0.39 is 11.9 Å². The Labute approximate surface area is 57.8 Å². The van der Waals surface area contributed by atoms with Crippen molar-refractivity contribution in [3.05, 3.63) is 0 Å². The molecule has 0 radical (unpaired) electrons. The molecule has 0 aromatic heterocycles. The van der Waals surface area contributed by atoms with Crippen LogP contribution in [0.4, 0.5) is 8.78 Å². The van der Waals surface area contributed by atoms with Crippen LogP contribution in [0.3, 0.4) is 0 Å². The third-order valence-electron chi connectivity index (χ3n) is 0.377.